The Balaban J connectivity index is 1.96. The van der Waals surface area contributed by atoms with Crippen molar-refractivity contribution >= 4 is 10.8 Å². The Morgan fingerprint density at radius 2 is 1.76 bits per heavy atom. The van der Waals surface area contributed by atoms with Crippen LogP contribution in [0.5, 0.6) is 0 Å². The molecule has 2 aromatic rings. The van der Waals surface area contributed by atoms with Crippen molar-refractivity contribution in [3.8, 4) is 0 Å². The van der Waals surface area contributed by atoms with Crippen molar-refractivity contribution in [2.45, 2.75) is 37.9 Å². The average Bonchev–Trinajstić information content (AvgIpc) is 2.45. The zero-order valence-electron chi connectivity index (χ0n) is 11.7. The van der Waals surface area contributed by atoms with Crippen LogP contribution < -0.4 is 11.3 Å². The number of hydrogen-bond donors (Lipinski definition) is 2. The van der Waals surface area contributed by atoms with Gasteiger partial charge in [-0.2, -0.15) is 13.2 Å². The SMILES string of the molecule is NNC(CCCC(F)(F)F)Cc1ccc2ccccc2c1. The fourth-order valence-corrected chi connectivity index (χ4v) is 2.44. The van der Waals surface area contributed by atoms with Gasteiger partial charge in [0.05, 0.1) is 0 Å². The molecular formula is C16H19F3N2. The number of halogens is 3. The standard InChI is InChI=1S/C16H19F3N2/c17-16(18,19)9-3-6-15(21-20)11-12-7-8-13-4-1-2-5-14(13)10-12/h1-2,4-5,7-8,10,15,21H,3,6,9,11,20H2. The summed E-state index contributed by atoms with van der Waals surface area (Å²) in [6.45, 7) is 0. The van der Waals surface area contributed by atoms with Crippen molar-refractivity contribution in [2.24, 2.45) is 5.84 Å². The van der Waals surface area contributed by atoms with Gasteiger partial charge in [0.2, 0.25) is 0 Å². The summed E-state index contributed by atoms with van der Waals surface area (Å²) in [6, 6.07) is 13.9. The first-order chi connectivity index (χ1) is 9.98. The fraction of sp³-hybridized carbons (Fsp3) is 0.375. The second-order valence-corrected chi connectivity index (χ2v) is 5.26. The van der Waals surface area contributed by atoms with Crippen LogP contribution in [-0.4, -0.2) is 12.2 Å². The van der Waals surface area contributed by atoms with Crippen LogP contribution in [0, 0.1) is 0 Å². The van der Waals surface area contributed by atoms with Crippen molar-refractivity contribution in [1.29, 1.82) is 0 Å². The number of hydrazine groups is 1. The first-order valence-electron chi connectivity index (χ1n) is 6.98. The van der Waals surface area contributed by atoms with Crippen LogP contribution in [-0.2, 0) is 6.42 Å². The van der Waals surface area contributed by atoms with Gasteiger partial charge in [-0.1, -0.05) is 42.5 Å². The average molecular weight is 296 g/mol. The van der Waals surface area contributed by atoms with Crippen LogP contribution in [0.15, 0.2) is 42.5 Å². The minimum absolute atomic E-state index is 0.0892. The van der Waals surface area contributed by atoms with E-state index in [1.54, 1.807) is 0 Å². The third-order valence-electron chi connectivity index (χ3n) is 3.54. The van der Waals surface area contributed by atoms with Crippen LogP contribution in [0.3, 0.4) is 0 Å². The van der Waals surface area contributed by atoms with Crippen molar-refractivity contribution in [3.05, 3.63) is 48.0 Å². The van der Waals surface area contributed by atoms with Gasteiger partial charge in [-0.25, -0.2) is 0 Å². The molecule has 3 N–H and O–H groups in total. The van der Waals surface area contributed by atoms with Crippen LogP contribution >= 0.6 is 0 Å². The lowest BCUT2D eigenvalue weighted by atomic mass is 9.99. The molecule has 114 valence electrons. The number of benzene rings is 2. The molecule has 0 spiro atoms. The zero-order valence-corrected chi connectivity index (χ0v) is 11.7. The van der Waals surface area contributed by atoms with Gasteiger partial charge in [0.1, 0.15) is 0 Å². The normalized spacial score (nSPS) is 13.5. The lowest BCUT2D eigenvalue weighted by Gasteiger charge is -2.16. The summed E-state index contributed by atoms with van der Waals surface area (Å²) < 4.78 is 36.5. The second kappa shape index (κ2) is 6.91. The first kappa shape index (κ1) is 15.8. The van der Waals surface area contributed by atoms with Crippen molar-refractivity contribution in [3.63, 3.8) is 0 Å². The maximum Gasteiger partial charge on any atom is 0.389 e. The molecule has 0 bridgehead atoms. The number of nitrogens with one attached hydrogen (secondary N) is 1. The van der Waals surface area contributed by atoms with Gasteiger partial charge < -0.3 is 0 Å². The van der Waals surface area contributed by atoms with Gasteiger partial charge in [-0.3, -0.25) is 11.3 Å². The highest BCUT2D eigenvalue weighted by atomic mass is 19.4. The number of alkyl halides is 3. The third kappa shape index (κ3) is 5.02. The minimum atomic E-state index is -4.10. The summed E-state index contributed by atoms with van der Waals surface area (Å²) in [7, 11) is 0. The highest BCUT2D eigenvalue weighted by molar-refractivity contribution is 5.82. The van der Waals surface area contributed by atoms with Gasteiger partial charge in [0.15, 0.2) is 0 Å². The Morgan fingerprint density at radius 3 is 2.43 bits per heavy atom. The highest BCUT2D eigenvalue weighted by Gasteiger charge is 2.26. The van der Waals surface area contributed by atoms with Crippen LogP contribution in [0.2, 0.25) is 0 Å². The minimum Gasteiger partial charge on any atom is -0.271 e. The fourth-order valence-electron chi connectivity index (χ4n) is 2.44. The van der Waals surface area contributed by atoms with Crippen LogP contribution in [0.4, 0.5) is 13.2 Å². The summed E-state index contributed by atoms with van der Waals surface area (Å²) >= 11 is 0. The molecule has 2 aromatic carbocycles. The molecule has 0 heterocycles. The van der Waals surface area contributed by atoms with E-state index in [1.165, 1.54) is 0 Å². The number of hydrogen-bond acceptors (Lipinski definition) is 2. The van der Waals surface area contributed by atoms with E-state index in [4.69, 9.17) is 5.84 Å². The molecule has 2 nitrogen and oxygen atoms in total. The summed E-state index contributed by atoms with van der Waals surface area (Å²) in [6.07, 6.45) is -3.74. The molecule has 0 amide bonds. The topological polar surface area (TPSA) is 38.0 Å². The Hall–Kier alpha value is -1.59. The van der Waals surface area contributed by atoms with E-state index in [9.17, 15) is 13.2 Å². The molecule has 0 aliphatic heterocycles. The monoisotopic (exact) mass is 296 g/mol. The largest absolute Gasteiger partial charge is 0.389 e. The van der Waals surface area contributed by atoms with E-state index in [2.05, 4.69) is 11.5 Å². The molecule has 0 aliphatic rings. The maximum atomic E-state index is 12.2. The molecule has 0 fully saturated rings. The van der Waals surface area contributed by atoms with Gasteiger partial charge >= 0.3 is 6.18 Å². The molecule has 21 heavy (non-hydrogen) atoms. The van der Waals surface area contributed by atoms with E-state index in [0.29, 0.717) is 12.8 Å². The van der Waals surface area contributed by atoms with Crippen molar-refractivity contribution in [2.75, 3.05) is 0 Å². The highest BCUT2D eigenvalue weighted by Crippen LogP contribution is 2.23. The lowest BCUT2D eigenvalue weighted by Crippen LogP contribution is -2.36. The number of rotatable bonds is 6. The van der Waals surface area contributed by atoms with Gasteiger partial charge in [0.25, 0.3) is 0 Å². The Kier molecular flexibility index (Phi) is 5.20. The molecule has 1 unspecified atom stereocenters. The molecule has 0 aliphatic carbocycles. The number of fused-ring (bicyclic) bond motifs is 1. The molecule has 1 atom stereocenters. The predicted octanol–water partition coefficient (Wildman–Crippen LogP) is 3.95. The number of nitrogens with two attached hydrogens (primary N) is 1. The summed E-state index contributed by atoms with van der Waals surface area (Å²) in [5, 5.41) is 2.27. The third-order valence-corrected chi connectivity index (χ3v) is 3.54. The van der Waals surface area contributed by atoms with E-state index in [-0.39, 0.29) is 12.5 Å². The Morgan fingerprint density at radius 1 is 1.05 bits per heavy atom. The van der Waals surface area contributed by atoms with E-state index < -0.39 is 12.6 Å². The van der Waals surface area contributed by atoms with Crippen LogP contribution in [0.25, 0.3) is 10.8 Å². The summed E-state index contributed by atoms with van der Waals surface area (Å²) in [4.78, 5) is 0. The Bertz CT molecular complexity index is 581. The van der Waals surface area contributed by atoms with Gasteiger partial charge in [0, 0.05) is 12.5 Å². The van der Waals surface area contributed by atoms with E-state index in [1.807, 2.05) is 36.4 Å². The zero-order chi connectivity index (χ0) is 15.3. The smallest absolute Gasteiger partial charge is 0.271 e. The molecule has 0 saturated heterocycles. The van der Waals surface area contributed by atoms with Gasteiger partial charge in [-0.05, 0) is 35.6 Å². The summed E-state index contributed by atoms with van der Waals surface area (Å²) in [5.41, 5.74) is 3.69. The molecule has 0 radical (unpaired) electrons. The van der Waals surface area contributed by atoms with Gasteiger partial charge in [-0.15, -0.1) is 0 Å². The molecular weight excluding hydrogens is 277 g/mol. The molecule has 5 heteroatoms. The molecule has 0 saturated carbocycles. The van der Waals surface area contributed by atoms with Crippen LogP contribution in [0.1, 0.15) is 24.8 Å². The quantitative estimate of drug-likeness (QED) is 0.626. The maximum absolute atomic E-state index is 12.2. The second-order valence-electron chi connectivity index (χ2n) is 5.26. The Labute approximate surface area is 122 Å². The molecule has 0 aromatic heterocycles. The van der Waals surface area contributed by atoms with E-state index >= 15 is 0 Å². The predicted molar refractivity (Wildman–Crippen MR) is 78.7 cm³/mol. The van der Waals surface area contributed by atoms with Crippen molar-refractivity contribution < 1.29 is 13.2 Å². The molecule has 2 rings (SSSR count). The lowest BCUT2D eigenvalue weighted by molar-refractivity contribution is -0.135. The van der Waals surface area contributed by atoms with Crippen molar-refractivity contribution in [1.82, 2.24) is 5.43 Å². The summed E-state index contributed by atoms with van der Waals surface area (Å²) in [5.74, 6) is 5.45. The van der Waals surface area contributed by atoms with E-state index in [0.717, 1.165) is 16.3 Å². The first-order valence-corrected chi connectivity index (χ1v) is 6.98.